The molecule has 0 saturated heterocycles. The second kappa shape index (κ2) is 6.93. The fourth-order valence-electron chi connectivity index (χ4n) is 2.92. The molecule has 0 saturated carbocycles. The van der Waals surface area contributed by atoms with E-state index in [0.29, 0.717) is 23.4 Å². The first kappa shape index (κ1) is 16.3. The van der Waals surface area contributed by atoms with Crippen LogP contribution >= 0.6 is 0 Å². The maximum absolute atomic E-state index is 12.5. The number of esters is 1. The quantitative estimate of drug-likeness (QED) is 0.675. The standard InChI is InChI=1S/C19H22N2O3/c1-21(2)11-14-10-16-15(8-9-17(20)18(16)24-14)19(22)23-12-13-6-4-3-5-7-13/h3-9,14H,10-12,20H2,1-2H3. The van der Waals surface area contributed by atoms with Crippen LogP contribution in [0.15, 0.2) is 42.5 Å². The molecule has 5 heteroatoms. The lowest BCUT2D eigenvalue weighted by Gasteiger charge is -2.16. The SMILES string of the molecule is CN(C)CC1Cc2c(C(=O)OCc3ccccc3)ccc(N)c2O1. The number of nitrogens with two attached hydrogens (primary N) is 1. The molecule has 2 aromatic carbocycles. The topological polar surface area (TPSA) is 64.8 Å². The van der Waals surface area contributed by atoms with Crippen LogP contribution in [0.2, 0.25) is 0 Å². The Bertz CT molecular complexity index is 729. The van der Waals surface area contributed by atoms with E-state index in [1.165, 1.54) is 0 Å². The van der Waals surface area contributed by atoms with Crippen LogP contribution in [0.4, 0.5) is 5.69 Å². The molecular formula is C19H22N2O3. The summed E-state index contributed by atoms with van der Waals surface area (Å²) in [7, 11) is 3.98. The Morgan fingerprint density at radius 1 is 1.25 bits per heavy atom. The van der Waals surface area contributed by atoms with Gasteiger partial charge in [-0.15, -0.1) is 0 Å². The van der Waals surface area contributed by atoms with E-state index in [1.54, 1.807) is 12.1 Å². The highest BCUT2D eigenvalue weighted by molar-refractivity contribution is 5.93. The Labute approximate surface area is 142 Å². The highest BCUT2D eigenvalue weighted by atomic mass is 16.5. The van der Waals surface area contributed by atoms with Crippen molar-refractivity contribution in [1.82, 2.24) is 4.90 Å². The van der Waals surface area contributed by atoms with Gasteiger partial charge >= 0.3 is 5.97 Å². The first-order valence-corrected chi connectivity index (χ1v) is 7.98. The molecule has 2 aromatic rings. The van der Waals surface area contributed by atoms with Crippen molar-refractivity contribution in [3.05, 3.63) is 59.2 Å². The third-order valence-corrected chi connectivity index (χ3v) is 4.01. The van der Waals surface area contributed by atoms with Crippen LogP contribution in [0.5, 0.6) is 5.75 Å². The summed E-state index contributed by atoms with van der Waals surface area (Å²) in [6.07, 6.45) is 0.661. The van der Waals surface area contributed by atoms with Gasteiger partial charge in [0.05, 0.1) is 11.3 Å². The maximum Gasteiger partial charge on any atom is 0.338 e. The number of hydrogen-bond acceptors (Lipinski definition) is 5. The van der Waals surface area contributed by atoms with Gasteiger partial charge in [0.2, 0.25) is 0 Å². The van der Waals surface area contributed by atoms with E-state index in [2.05, 4.69) is 4.90 Å². The fourth-order valence-corrected chi connectivity index (χ4v) is 2.92. The summed E-state index contributed by atoms with van der Waals surface area (Å²) in [6, 6.07) is 13.1. The number of carbonyl (C=O) groups excluding carboxylic acids is 1. The number of carbonyl (C=O) groups is 1. The largest absolute Gasteiger partial charge is 0.486 e. The third-order valence-electron chi connectivity index (χ3n) is 4.01. The van der Waals surface area contributed by atoms with Gasteiger partial charge in [-0.05, 0) is 31.8 Å². The molecule has 0 fully saturated rings. The van der Waals surface area contributed by atoms with Gasteiger partial charge in [0.15, 0.2) is 0 Å². The molecule has 1 aliphatic heterocycles. The van der Waals surface area contributed by atoms with Gasteiger partial charge in [-0.3, -0.25) is 0 Å². The minimum absolute atomic E-state index is 0.000346. The lowest BCUT2D eigenvalue weighted by molar-refractivity contribution is 0.0471. The summed E-state index contributed by atoms with van der Waals surface area (Å²) >= 11 is 0. The van der Waals surface area contributed by atoms with E-state index in [4.69, 9.17) is 15.2 Å². The van der Waals surface area contributed by atoms with Crippen molar-refractivity contribution in [2.75, 3.05) is 26.4 Å². The fraction of sp³-hybridized carbons (Fsp3) is 0.316. The van der Waals surface area contributed by atoms with Gasteiger partial charge in [-0.25, -0.2) is 4.79 Å². The van der Waals surface area contributed by atoms with Crippen molar-refractivity contribution in [1.29, 1.82) is 0 Å². The lowest BCUT2D eigenvalue weighted by atomic mass is 10.0. The van der Waals surface area contributed by atoms with Crippen molar-refractivity contribution in [3.63, 3.8) is 0 Å². The zero-order valence-corrected chi connectivity index (χ0v) is 14.0. The van der Waals surface area contributed by atoms with Gasteiger partial charge in [0.1, 0.15) is 18.5 Å². The molecule has 0 radical (unpaired) electrons. The molecule has 126 valence electrons. The van der Waals surface area contributed by atoms with E-state index in [9.17, 15) is 4.79 Å². The first-order valence-electron chi connectivity index (χ1n) is 7.98. The summed E-state index contributed by atoms with van der Waals surface area (Å²) < 4.78 is 11.4. The third kappa shape index (κ3) is 3.51. The van der Waals surface area contributed by atoms with Crippen molar-refractivity contribution < 1.29 is 14.3 Å². The molecule has 1 atom stereocenters. The molecule has 3 rings (SSSR count). The number of anilines is 1. The van der Waals surface area contributed by atoms with Gasteiger partial charge in [0, 0.05) is 18.5 Å². The van der Waals surface area contributed by atoms with Gasteiger partial charge in [0.25, 0.3) is 0 Å². The average molecular weight is 326 g/mol. The summed E-state index contributed by atoms with van der Waals surface area (Å²) in [6.45, 7) is 1.02. The average Bonchev–Trinajstić information content (AvgIpc) is 2.97. The zero-order chi connectivity index (χ0) is 17.1. The Kier molecular flexibility index (Phi) is 4.71. The number of rotatable bonds is 5. The van der Waals surface area contributed by atoms with Crippen LogP contribution in [0, 0.1) is 0 Å². The van der Waals surface area contributed by atoms with E-state index >= 15 is 0 Å². The number of ether oxygens (including phenoxy) is 2. The molecule has 1 heterocycles. The Morgan fingerprint density at radius 3 is 2.71 bits per heavy atom. The summed E-state index contributed by atoms with van der Waals surface area (Å²) in [5.41, 5.74) is 8.91. The Hall–Kier alpha value is -2.53. The van der Waals surface area contributed by atoms with E-state index in [-0.39, 0.29) is 18.7 Å². The lowest BCUT2D eigenvalue weighted by Crippen LogP contribution is -2.29. The summed E-state index contributed by atoms with van der Waals surface area (Å²) in [5, 5.41) is 0. The molecule has 0 bridgehead atoms. The van der Waals surface area contributed by atoms with Crippen LogP contribution in [0.25, 0.3) is 0 Å². The summed E-state index contributed by atoms with van der Waals surface area (Å²) in [5.74, 6) is 0.278. The molecule has 2 N–H and O–H groups in total. The molecule has 0 aliphatic carbocycles. The highest BCUT2D eigenvalue weighted by Crippen LogP contribution is 2.37. The van der Waals surface area contributed by atoms with E-state index < -0.39 is 0 Å². The molecular weight excluding hydrogens is 304 g/mol. The molecule has 5 nitrogen and oxygen atoms in total. The molecule has 24 heavy (non-hydrogen) atoms. The predicted octanol–water partition coefficient (Wildman–Crippen LogP) is 2.49. The van der Waals surface area contributed by atoms with E-state index in [1.807, 2.05) is 44.4 Å². The van der Waals surface area contributed by atoms with Gasteiger partial charge < -0.3 is 20.1 Å². The molecule has 0 amide bonds. The number of benzene rings is 2. The van der Waals surface area contributed by atoms with Crippen molar-refractivity contribution in [3.8, 4) is 5.75 Å². The van der Waals surface area contributed by atoms with Crippen molar-refractivity contribution >= 4 is 11.7 Å². The number of nitrogens with zero attached hydrogens (tertiary/aromatic N) is 1. The zero-order valence-electron chi connectivity index (χ0n) is 14.0. The molecule has 1 aliphatic rings. The molecule has 0 spiro atoms. The Balaban J connectivity index is 1.75. The number of likely N-dealkylation sites (N-methyl/N-ethyl adjacent to an activating group) is 1. The second-order valence-corrected chi connectivity index (χ2v) is 6.28. The predicted molar refractivity (Wildman–Crippen MR) is 93.1 cm³/mol. The van der Waals surface area contributed by atoms with Crippen LogP contribution in [-0.2, 0) is 17.8 Å². The Morgan fingerprint density at radius 2 is 2.00 bits per heavy atom. The van der Waals surface area contributed by atoms with Crippen LogP contribution in [0.1, 0.15) is 21.5 Å². The normalized spacial score (nSPS) is 15.9. The van der Waals surface area contributed by atoms with Crippen LogP contribution < -0.4 is 10.5 Å². The van der Waals surface area contributed by atoms with Crippen molar-refractivity contribution in [2.45, 2.75) is 19.1 Å². The number of fused-ring (bicyclic) bond motifs is 1. The van der Waals surface area contributed by atoms with Crippen LogP contribution in [0.3, 0.4) is 0 Å². The second-order valence-electron chi connectivity index (χ2n) is 6.28. The monoisotopic (exact) mass is 326 g/mol. The van der Waals surface area contributed by atoms with Gasteiger partial charge in [-0.2, -0.15) is 0 Å². The summed E-state index contributed by atoms with van der Waals surface area (Å²) in [4.78, 5) is 14.5. The maximum atomic E-state index is 12.5. The van der Waals surface area contributed by atoms with Crippen molar-refractivity contribution in [2.24, 2.45) is 0 Å². The van der Waals surface area contributed by atoms with Gasteiger partial charge in [-0.1, -0.05) is 30.3 Å². The molecule has 0 aromatic heterocycles. The number of hydrogen-bond donors (Lipinski definition) is 1. The highest BCUT2D eigenvalue weighted by Gasteiger charge is 2.30. The minimum atomic E-state index is -0.343. The van der Waals surface area contributed by atoms with E-state index in [0.717, 1.165) is 17.7 Å². The number of nitrogen functional groups attached to an aromatic ring is 1. The first-order chi connectivity index (χ1) is 11.5. The molecule has 1 unspecified atom stereocenters. The smallest absolute Gasteiger partial charge is 0.338 e. The van der Waals surface area contributed by atoms with Crippen LogP contribution in [-0.4, -0.2) is 37.6 Å². The minimum Gasteiger partial charge on any atom is -0.486 e.